The van der Waals surface area contributed by atoms with Crippen molar-refractivity contribution in [2.45, 2.75) is 42.4 Å². The Labute approximate surface area is 183 Å². The van der Waals surface area contributed by atoms with Crippen molar-refractivity contribution >= 4 is 22.7 Å². The number of ether oxygens (including phenoxy) is 1. The van der Waals surface area contributed by atoms with Gasteiger partial charge >= 0.3 is 0 Å². The number of pyridine rings is 1. The first-order valence-corrected chi connectivity index (χ1v) is 12.0. The highest BCUT2D eigenvalue weighted by Crippen LogP contribution is 2.49. The van der Waals surface area contributed by atoms with Gasteiger partial charge in [0.2, 0.25) is 0 Å². The number of nitrogens with zero attached hydrogens (tertiary/aromatic N) is 2. The quantitative estimate of drug-likeness (QED) is 0.445. The summed E-state index contributed by atoms with van der Waals surface area (Å²) in [7, 11) is 1.74. The lowest BCUT2D eigenvalue weighted by atomic mass is 9.73. The van der Waals surface area contributed by atoms with E-state index in [0.29, 0.717) is 11.3 Å². The first kappa shape index (κ1) is 19.9. The van der Waals surface area contributed by atoms with Gasteiger partial charge in [0.05, 0.1) is 17.9 Å². The third-order valence-electron chi connectivity index (χ3n) is 7.11. The van der Waals surface area contributed by atoms with Crippen LogP contribution in [-0.4, -0.2) is 36.1 Å². The number of fused-ring (bicyclic) bond motifs is 4. The Morgan fingerprint density at radius 1 is 1.17 bits per heavy atom. The molecule has 4 heterocycles. The molecule has 1 aromatic heterocycles. The maximum Gasteiger partial charge on any atom is 0.119 e. The van der Waals surface area contributed by atoms with Crippen LogP contribution in [0.5, 0.6) is 5.75 Å². The van der Waals surface area contributed by atoms with Crippen LogP contribution in [0.4, 0.5) is 0 Å². The van der Waals surface area contributed by atoms with E-state index in [-0.39, 0.29) is 0 Å². The minimum Gasteiger partial charge on any atom is -0.497 e. The molecule has 3 fully saturated rings. The van der Waals surface area contributed by atoms with E-state index in [2.05, 4.69) is 65.3 Å². The second-order valence-corrected chi connectivity index (χ2v) is 9.86. The standard InChI is InChI=1S/C26H30N2OS/c1-3-18-17-28-14-12-19(18)15-25(28)26(30-21-7-5-4-6-8-21)22-11-13-27-24-10-9-20(29-2)16-23(22)24/h4-11,13,16,18-19,25-26H,3,12,14-15,17H2,1-2H3/t18-,19-,25+,26-/m0/s1. The zero-order valence-corrected chi connectivity index (χ0v) is 18.6. The van der Waals surface area contributed by atoms with Crippen LogP contribution >= 0.6 is 11.8 Å². The smallest absolute Gasteiger partial charge is 0.119 e. The Hall–Kier alpha value is -2.04. The predicted molar refractivity (Wildman–Crippen MR) is 125 cm³/mol. The van der Waals surface area contributed by atoms with Gasteiger partial charge in [0.15, 0.2) is 0 Å². The Morgan fingerprint density at radius 2 is 2.03 bits per heavy atom. The van der Waals surface area contributed by atoms with Gasteiger partial charge in [-0.15, -0.1) is 11.8 Å². The van der Waals surface area contributed by atoms with Crippen LogP contribution in [0.2, 0.25) is 0 Å². The highest BCUT2D eigenvalue weighted by atomic mass is 32.2. The number of methoxy groups -OCH3 is 1. The number of thioether (sulfide) groups is 1. The summed E-state index contributed by atoms with van der Waals surface area (Å²) in [5.74, 6) is 2.63. The van der Waals surface area contributed by atoms with Crippen molar-refractivity contribution in [1.82, 2.24) is 9.88 Å². The lowest BCUT2D eigenvalue weighted by Gasteiger charge is -2.52. The Kier molecular flexibility index (Phi) is 5.70. The SMILES string of the molecule is CC[C@H]1CN2CC[C@H]1C[C@@H]2[C@@H](Sc1ccccc1)c1ccnc2ccc(OC)cc12. The maximum atomic E-state index is 5.55. The van der Waals surface area contributed by atoms with Gasteiger partial charge in [0, 0.05) is 29.1 Å². The molecular formula is C26H30N2OS. The molecule has 6 rings (SSSR count). The van der Waals surface area contributed by atoms with Crippen molar-refractivity contribution in [1.29, 1.82) is 0 Å². The van der Waals surface area contributed by atoms with Gasteiger partial charge in [-0.25, -0.2) is 0 Å². The van der Waals surface area contributed by atoms with Crippen LogP contribution in [-0.2, 0) is 0 Å². The molecule has 0 saturated carbocycles. The lowest BCUT2D eigenvalue weighted by Crippen LogP contribution is -2.54. The van der Waals surface area contributed by atoms with Gasteiger partial charge in [0.1, 0.15) is 5.75 Å². The summed E-state index contributed by atoms with van der Waals surface area (Å²) in [6.45, 7) is 4.86. The van der Waals surface area contributed by atoms with Gasteiger partial charge in [-0.3, -0.25) is 9.88 Å². The van der Waals surface area contributed by atoms with Crippen molar-refractivity contribution in [2.24, 2.45) is 11.8 Å². The fraction of sp³-hybridized carbons (Fsp3) is 0.423. The summed E-state index contributed by atoms with van der Waals surface area (Å²) in [5.41, 5.74) is 2.44. The number of hydrogen-bond donors (Lipinski definition) is 0. The Balaban J connectivity index is 1.58. The molecule has 2 bridgehead atoms. The minimum absolute atomic E-state index is 0.380. The van der Waals surface area contributed by atoms with E-state index in [1.807, 2.05) is 24.0 Å². The summed E-state index contributed by atoms with van der Waals surface area (Å²) >= 11 is 2.01. The Bertz CT molecular complexity index is 1010. The number of benzene rings is 2. The summed E-state index contributed by atoms with van der Waals surface area (Å²) in [6, 6.07) is 19.9. The second-order valence-electron chi connectivity index (χ2n) is 8.65. The first-order valence-electron chi connectivity index (χ1n) is 11.1. The molecule has 0 radical (unpaired) electrons. The normalized spacial score (nSPS) is 26.6. The van der Waals surface area contributed by atoms with E-state index in [9.17, 15) is 0 Å². The molecule has 0 aliphatic carbocycles. The van der Waals surface area contributed by atoms with E-state index in [0.717, 1.165) is 23.1 Å². The number of piperidine rings is 3. The van der Waals surface area contributed by atoms with E-state index in [1.54, 1.807) is 7.11 Å². The molecule has 0 spiro atoms. The van der Waals surface area contributed by atoms with Crippen molar-refractivity contribution in [2.75, 3.05) is 20.2 Å². The van der Waals surface area contributed by atoms with Crippen LogP contribution in [0.1, 0.15) is 37.0 Å². The molecule has 30 heavy (non-hydrogen) atoms. The van der Waals surface area contributed by atoms with E-state index in [4.69, 9.17) is 4.74 Å². The fourth-order valence-corrected chi connectivity index (χ4v) is 6.85. The van der Waals surface area contributed by atoms with Crippen molar-refractivity contribution in [3.8, 4) is 5.75 Å². The van der Waals surface area contributed by atoms with Crippen LogP contribution in [0.25, 0.3) is 10.9 Å². The average Bonchev–Trinajstić information content (AvgIpc) is 2.82. The number of aromatic nitrogens is 1. The number of hydrogen-bond acceptors (Lipinski definition) is 4. The van der Waals surface area contributed by atoms with Crippen molar-refractivity contribution in [3.05, 3.63) is 66.4 Å². The minimum atomic E-state index is 0.380. The fourth-order valence-electron chi connectivity index (χ4n) is 5.47. The van der Waals surface area contributed by atoms with Gasteiger partial charge in [-0.05, 0) is 73.2 Å². The highest BCUT2D eigenvalue weighted by molar-refractivity contribution is 7.99. The van der Waals surface area contributed by atoms with E-state index < -0.39 is 0 Å². The maximum absolute atomic E-state index is 5.55. The predicted octanol–water partition coefficient (Wildman–Crippen LogP) is 6.20. The van der Waals surface area contributed by atoms with Gasteiger partial charge in [-0.2, -0.15) is 0 Å². The van der Waals surface area contributed by atoms with Crippen LogP contribution in [0.15, 0.2) is 65.7 Å². The molecule has 5 atom stereocenters. The lowest BCUT2D eigenvalue weighted by molar-refractivity contribution is -0.000887. The van der Waals surface area contributed by atoms with Crippen molar-refractivity contribution in [3.63, 3.8) is 0 Å². The summed E-state index contributed by atoms with van der Waals surface area (Å²) in [5, 5.41) is 1.60. The van der Waals surface area contributed by atoms with Gasteiger partial charge in [-0.1, -0.05) is 31.5 Å². The van der Waals surface area contributed by atoms with Crippen LogP contribution in [0.3, 0.4) is 0 Å². The molecule has 0 amide bonds. The molecule has 3 saturated heterocycles. The summed E-state index contributed by atoms with van der Waals surface area (Å²) in [4.78, 5) is 8.76. The second kappa shape index (κ2) is 8.60. The first-order chi connectivity index (χ1) is 14.8. The van der Waals surface area contributed by atoms with Crippen molar-refractivity contribution < 1.29 is 4.74 Å². The zero-order chi connectivity index (χ0) is 20.5. The third-order valence-corrected chi connectivity index (χ3v) is 8.47. The molecule has 4 heteroatoms. The van der Waals surface area contributed by atoms with Crippen LogP contribution < -0.4 is 4.74 Å². The average molecular weight is 419 g/mol. The van der Waals surface area contributed by atoms with E-state index >= 15 is 0 Å². The summed E-state index contributed by atoms with van der Waals surface area (Å²) in [6.07, 6.45) is 5.95. The molecule has 3 aliphatic rings. The topological polar surface area (TPSA) is 25.4 Å². The highest BCUT2D eigenvalue weighted by Gasteiger charge is 2.43. The largest absolute Gasteiger partial charge is 0.497 e. The zero-order valence-electron chi connectivity index (χ0n) is 17.8. The molecule has 3 nitrogen and oxygen atoms in total. The van der Waals surface area contributed by atoms with Gasteiger partial charge < -0.3 is 4.74 Å². The molecule has 3 aliphatic heterocycles. The molecule has 1 unspecified atom stereocenters. The molecule has 156 valence electrons. The van der Waals surface area contributed by atoms with Gasteiger partial charge in [0.25, 0.3) is 0 Å². The summed E-state index contributed by atoms with van der Waals surface area (Å²) < 4.78 is 5.55. The Morgan fingerprint density at radius 3 is 2.77 bits per heavy atom. The van der Waals surface area contributed by atoms with E-state index in [1.165, 1.54) is 48.2 Å². The van der Waals surface area contributed by atoms with Crippen LogP contribution in [0, 0.1) is 11.8 Å². The third kappa shape index (κ3) is 3.72. The molecule has 0 N–H and O–H groups in total. The molecule has 2 aromatic carbocycles. The number of rotatable bonds is 6. The molecular weight excluding hydrogens is 388 g/mol. The molecule has 3 aromatic rings. The monoisotopic (exact) mass is 418 g/mol.